The van der Waals surface area contributed by atoms with E-state index in [0.717, 1.165) is 0 Å². The third kappa shape index (κ3) is 4.00. The van der Waals surface area contributed by atoms with Crippen molar-refractivity contribution in [3.8, 4) is 35.2 Å². The van der Waals surface area contributed by atoms with E-state index < -0.39 is 10.9 Å². The topological polar surface area (TPSA) is 74.6 Å². The summed E-state index contributed by atoms with van der Waals surface area (Å²) in [6.45, 7) is 0. The maximum Gasteiger partial charge on any atom is 0.220 e. The van der Waals surface area contributed by atoms with Gasteiger partial charge in [0.1, 0.15) is 0 Å². The van der Waals surface area contributed by atoms with Gasteiger partial charge in [0.25, 0.3) is 0 Å². The number of rotatable bonds is 0. The molecule has 0 bridgehead atoms. The van der Waals surface area contributed by atoms with E-state index in [4.69, 9.17) is 0 Å². The van der Waals surface area contributed by atoms with Gasteiger partial charge < -0.3 is 10.2 Å². The molecule has 2 N–H and O–H groups in total. The summed E-state index contributed by atoms with van der Waals surface area (Å²) >= 11 is 0. The number of hydrogen-bond donors (Lipinski definition) is 2. The summed E-state index contributed by atoms with van der Waals surface area (Å²) in [5.74, 6) is 10.00. The first-order valence-electron chi connectivity index (χ1n) is 6.25. The van der Waals surface area contributed by atoms with Crippen molar-refractivity contribution in [1.29, 1.82) is 0 Å². The van der Waals surface area contributed by atoms with Crippen LogP contribution >= 0.6 is 0 Å². The highest BCUT2D eigenvalue weighted by molar-refractivity contribution is 5.44. The molecule has 106 valence electrons. The predicted molar refractivity (Wildman–Crippen MR) is 82.5 cm³/mol. The molecule has 0 aliphatic carbocycles. The van der Waals surface area contributed by atoms with Gasteiger partial charge in [-0.2, -0.15) is 0 Å². The van der Waals surface area contributed by atoms with Crippen molar-refractivity contribution in [3.05, 3.63) is 80.1 Å². The van der Waals surface area contributed by atoms with Crippen molar-refractivity contribution < 1.29 is 10.2 Å². The van der Waals surface area contributed by atoms with Gasteiger partial charge in [-0.25, -0.2) is 0 Å². The van der Waals surface area contributed by atoms with E-state index in [-0.39, 0.29) is 11.5 Å². The lowest BCUT2D eigenvalue weighted by Gasteiger charge is -1.79. The monoisotopic (exact) mass is 290 g/mol. The predicted octanol–water partition coefficient (Wildman–Crippen LogP) is 1.22. The Bertz CT molecular complexity index is 873. The van der Waals surface area contributed by atoms with Gasteiger partial charge in [-0.05, 0) is 60.4 Å². The minimum absolute atomic E-state index is 0.343. The van der Waals surface area contributed by atoms with Gasteiger partial charge in [0.2, 0.25) is 10.9 Å². The van der Waals surface area contributed by atoms with E-state index in [1.807, 2.05) is 0 Å². The maximum atomic E-state index is 11.2. The fraction of sp³-hybridized carbons (Fsp3) is 0. The Kier molecular flexibility index (Phi) is 4.59. The Morgan fingerprint density at radius 3 is 1.36 bits per heavy atom. The van der Waals surface area contributed by atoms with Crippen LogP contribution in [0.4, 0.5) is 0 Å². The molecule has 0 atom stereocenters. The minimum atomic E-state index is -0.482. The highest BCUT2D eigenvalue weighted by atomic mass is 16.3. The summed E-state index contributed by atoms with van der Waals surface area (Å²) in [6, 6.07) is 11.0. The molecule has 0 saturated carbocycles. The summed E-state index contributed by atoms with van der Waals surface area (Å²) in [5.41, 5.74) is 0.0999. The van der Waals surface area contributed by atoms with Crippen molar-refractivity contribution in [1.82, 2.24) is 0 Å². The summed E-state index contributed by atoms with van der Waals surface area (Å²) in [4.78, 5) is 22.4. The van der Waals surface area contributed by atoms with Crippen LogP contribution in [0.25, 0.3) is 0 Å². The highest BCUT2D eigenvalue weighted by Gasteiger charge is 1.92. The molecule has 0 radical (unpaired) electrons. The lowest BCUT2D eigenvalue weighted by molar-refractivity contribution is 0.470. The first-order valence-corrected chi connectivity index (χ1v) is 6.25. The first kappa shape index (κ1) is 14.9. The highest BCUT2D eigenvalue weighted by Crippen LogP contribution is 2.01. The van der Waals surface area contributed by atoms with Crippen molar-refractivity contribution in [2.45, 2.75) is 0 Å². The molecular formula is C18H10O4. The van der Waals surface area contributed by atoms with Gasteiger partial charge in [0.15, 0.2) is 11.5 Å². The van der Waals surface area contributed by atoms with E-state index >= 15 is 0 Å². The fourth-order valence-corrected chi connectivity index (χ4v) is 1.49. The van der Waals surface area contributed by atoms with Gasteiger partial charge in [-0.3, -0.25) is 9.59 Å². The third-order valence-corrected chi connectivity index (χ3v) is 2.65. The smallest absolute Gasteiger partial charge is 0.220 e. The lowest BCUT2D eigenvalue weighted by Crippen LogP contribution is -1.91. The normalized spacial score (nSPS) is 8.91. The average molecular weight is 290 g/mol. The van der Waals surface area contributed by atoms with E-state index in [2.05, 4.69) is 23.7 Å². The maximum absolute atomic E-state index is 11.2. The van der Waals surface area contributed by atoms with Gasteiger partial charge in [0.05, 0.1) is 0 Å². The Morgan fingerprint density at radius 1 is 0.591 bits per heavy atom. The van der Waals surface area contributed by atoms with Crippen LogP contribution < -0.4 is 10.9 Å². The molecule has 4 nitrogen and oxygen atoms in total. The van der Waals surface area contributed by atoms with E-state index in [1.165, 1.54) is 48.5 Å². The van der Waals surface area contributed by atoms with Gasteiger partial charge in [-0.15, -0.1) is 0 Å². The van der Waals surface area contributed by atoms with Crippen LogP contribution in [0.2, 0.25) is 0 Å². The molecule has 2 aromatic carbocycles. The Labute approximate surface area is 126 Å². The van der Waals surface area contributed by atoms with E-state index in [0.29, 0.717) is 11.1 Å². The molecule has 0 amide bonds. The summed E-state index contributed by atoms with van der Waals surface area (Å²) in [5, 5.41) is 18.5. The molecule has 0 fully saturated rings. The van der Waals surface area contributed by atoms with Crippen molar-refractivity contribution in [3.63, 3.8) is 0 Å². The van der Waals surface area contributed by atoms with Gasteiger partial charge in [-0.1, -0.05) is 11.8 Å². The molecule has 0 saturated heterocycles. The second-order valence-electron chi connectivity index (χ2n) is 4.24. The Balaban J connectivity index is 2.26. The average Bonchev–Trinajstić information content (AvgIpc) is 2.77. The summed E-state index contributed by atoms with van der Waals surface area (Å²) < 4.78 is 0. The Morgan fingerprint density at radius 2 is 0.955 bits per heavy atom. The Hall–Kier alpha value is -3.50. The van der Waals surface area contributed by atoms with Crippen LogP contribution in [-0.2, 0) is 0 Å². The summed E-state index contributed by atoms with van der Waals surface area (Å²) in [6.07, 6.45) is 0. The van der Waals surface area contributed by atoms with E-state index in [1.54, 1.807) is 0 Å². The molecule has 2 aromatic rings. The van der Waals surface area contributed by atoms with Crippen LogP contribution in [0, 0.1) is 23.7 Å². The molecule has 2 rings (SSSR count). The van der Waals surface area contributed by atoms with Crippen LogP contribution in [0.3, 0.4) is 0 Å². The van der Waals surface area contributed by atoms with Crippen molar-refractivity contribution in [2.24, 2.45) is 0 Å². The molecule has 0 spiro atoms. The van der Waals surface area contributed by atoms with Crippen LogP contribution in [0.15, 0.2) is 58.1 Å². The largest absolute Gasteiger partial charge is 0.504 e. The lowest BCUT2D eigenvalue weighted by atomic mass is 10.2. The molecular weight excluding hydrogens is 280 g/mol. The van der Waals surface area contributed by atoms with Gasteiger partial charge in [0, 0.05) is 11.1 Å². The summed E-state index contributed by atoms with van der Waals surface area (Å²) in [7, 11) is 0. The zero-order chi connectivity index (χ0) is 15.9. The zero-order valence-corrected chi connectivity index (χ0v) is 11.3. The molecule has 0 heterocycles. The van der Waals surface area contributed by atoms with Crippen LogP contribution in [0.5, 0.6) is 11.5 Å². The van der Waals surface area contributed by atoms with Crippen LogP contribution in [0.1, 0.15) is 11.1 Å². The third-order valence-electron chi connectivity index (χ3n) is 2.65. The second kappa shape index (κ2) is 6.78. The molecule has 0 aromatic heterocycles. The number of hydrogen-bond acceptors (Lipinski definition) is 4. The van der Waals surface area contributed by atoms with Gasteiger partial charge >= 0.3 is 0 Å². The molecule has 22 heavy (non-hydrogen) atoms. The van der Waals surface area contributed by atoms with Crippen molar-refractivity contribution >= 4 is 0 Å². The molecule has 0 unspecified atom stereocenters. The first-order chi connectivity index (χ1) is 10.6. The quantitative estimate of drug-likeness (QED) is 0.715. The standard InChI is InChI=1S/C18H10O4/c19-15-9-5-13(6-10-16(15)20)3-1-2-4-14-7-11-17(21)18(22)12-8-14/h5-12H,(H,19,20)(H,21,22). The zero-order valence-electron chi connectivity index (χ0n) is 11.3. The molecule has 4 heteroatoms. The minimum Gasteiger partial charge on any atom is -0.504 e. The molecule has 0 aliphatic rings. The van der Waals surface area contributed by atoms with Crippen molar-refractivity contribution in [2.75, 3.05) is 0 Å². The van der Waals surface area contributed by atoms with E-state index in [9.17, 15) is 19.8 Å². The van der Waals surface area contributed by atoms with Crippen LogP contribution in [-0.4, -0.2) is 10.2 Å². The molecule has 0 aliphatic heterocycles. The SMILES string of the molecule is O=c1ccc(C#CC#Cc2ccc(O)c(=O)cc2)ccc1O. The number of aromatic hydroxyl groups is 2. The second-order valence-corrected chi connectivity index (χ2v) is 4.24. The fourth-order valence-electron chi connectivity index (χ4n) is 1.49.